The number of fused-ring (bicyclic) bond motifs is 1. The standard InChI is InChI=1S/C22H21N3O2S/c1-28-24-21(26)16-6-4-15(5-7-16)18-10-11-23-20-9-8-17(14-19(18)20)22(27)25-12-2-3-13-25/h4-11,14H,2-3,12-13H2,1H3,(H,24,26). The maximum atomic E-state index is 12.8. The second kappa shape index (κ2) is 8.02. The van der Waals surface area contributed by atoms with Crippen molar-refractivity contribution in [2.45, 2.75) is 12.8 Å². The fraction of sp³-hybridized carbons (Fsp3) is 0.227. The fourth-order valence-corrected chi connectivity index (χ4v) is 3.89. The Morgan fingerprint density at radius 2 is 1.71 bits per heavy atom. The van der Waals surface area contributed by atoms with Gasteiger partial charge in [-0.1, -0.05) is 24.1 Å². The van der Waals surface area contributed by atoms with Crippen LogP contribution < -0.4 is 4.72 Å². The number of benzene rings is 2. The molecular formula is C22H21N3O2S. The van der Waals surface area contributed by atoms with Crippen LogP contribution in [0, 0.1) is 0 Å². The quantitative estimate of drug-likeness (QED) is 0.679. The van der Waals surface area contributed by atoms with Crippen molar-refractivity contribution in [2.24, 2.45) is 0 Å². The van der Waals surface area contributed by atoms with Crippen LogP contribution in [0.25, 0.3) is 22.0 Å². The maximum Gasteiger partial charge on any atom is 0.261 e. The first kappa shape index (κ1) is 18.5. The molecular weight excluding hydrogens is 370 g/mol. The number of hydrogen-bond acceptors (Lipinski definition) is 4. The molecule has 4 rings (SSSR count). The molecule has 0 bridgehead atoms. The summed E-state index contributed by atoms with van der Waals surface area (Å²) in [4.78, 5) is 31.1. The van der Waals surface area contributed by atoms with Crippen molar-refractivity contribution in [3.8, 4) is 11.1 Å². The summed E-state index contributed by atoms with van der Waals surface area (Å²) < 4.78 is 2.72. The van der Waals surface area contributed by atoms with Crippen LogP contribution in [0.4, 0.5) is 0 Å². The summed E-state index contributed by atoms with van der Waals surface area (Å²) in [7, 11) is 0. The van der Waals surface area contributed by atoms with E-state index < -0.39 is 0 Å². The van der Waals surface area contributed by atoms with Crippen molar-refractivity contribution < 1.29 is 9.59 Å². The Morgan fingerprint density at radius 1 is 1.00 bits per heavy atom. The zero-order valence-electron chi connectivity index (χ0n) is 15.6. The Morgan fingerprint density at radius 3 is 2.43 bits per heavy atom. The molecule has 0 unspecified atom stereocenters. The minimum absolute atomic E-state index is 0.0817. The largest absolute Gasteiger partial charge is 0.339 e. The van der Waals surface area contributed by atoms with Gasteiger partial charge in [-0.25, -0.2) is 0 Å². The summed E-state index contributed by atoms with van der Waals surface area (Å²) in [5.74, 6) is -0.0320. The van der Waals surface area contributed by atoms with E-state index >= 15 is 0 Å². The number of nitrogens with one attached hydrogen (secondary N) is 1. The predicted octanol–water partition coefficient (Wildman–Crippen LogP) is 4.15. The van der Waals surface area contributed by atoms with E-state index in [1.54, 1.807) is 6.20 Å². The molecule has 1 aliphatic rings. The van der Waals surface area contributed by atoms with Crippen molar-refractivity contribution in [3.05, 3.63) is 65.9 Å². The third-order valence-electron chi connectivity index (χ3n) is 5.03. The van der Waals surface area contributed by atoms with E-state index in [9.17, 15) is 9.59 Å². The summed E-state index contributed by atoms with van der Waals surface area (Å²) >= 11 is 1.28. The average Bonchev–Trinajstić information content (AvgIpc) is 3.27. The highest BCUT2D eigenvalue weighted by molar-refractivity contribution is 7.97. The molecule has 6 heteroatoms. The summed E-state index contributed by atoms with van der Waals surface area (Å²) in [6.45, 7) is 1.66. The molecule has 1 N–H and O–H groups in total. The van der Waals surface area contributed by atoms with Crippen LogP contribution in [0.5, 0.6) is 0 Å². The van der Waals surface area contributed by atoms with E-state index in [0.29, 0.717) is 11.1 Å². The van der Waals surface area contributed by atoms with E-state index in [0.717, 1.165) is 48.0 Å². The first-order valence-electron chi connectivity index (χ1n) is 9.29. The Bertz CT molecular complexity index is 1030. The Kier molecular flexibility index (Phi) is 5.30. The van der Waals surface area contributed by atoms with Gasteiger partial charge >= 0.3 is 0 Å². The minimum Gasteiger partial charge on any atom is -0.339 e. The third kappa shape index (κ3) is 3.60. The first-order chi connectivity index (χ1) is 13.7. The summed E-state index contributed by atoms with van der Waals surface area (Å²) in [5, 5.41) is 0.939. The number of carbonyl (C=O) groups is 2. The molecule has 2 aromatic carbocycles. The zero-order chi connectivity index (χ0) is 19.5. The summed E-state index contributed by atoms with van der Waals surface area (Å²) in [6.07, 6.45) is 5.73. The van der Waals surface area contributed by atoms with Gasteiger partial charge in [0.15, 0.2) is 0 Å². The molecule has 1 aromatic heterocycles. The lowest BCUT2D eigenvalue weighted by atomic mass is 9.98. The number of aromatic nitrogens is 1. The number of likely N-dealkylation sites (tertiary alicyclic amines) is 1. The topological polar surface area (TPSA) is 62.3 Å². The second-order valence-electron chi connectivity index (χ2n) is 6.80. The number of amides is 2. The van der Waals surface area contributed by atoms with Crippen LogP contribution in [-0.2, 0) is 0 Å². The van der Waals surface area contributed by atoms with E-state index in [-0.39, 0.29) is 11.8 Å². The highest BCUT2D eigenvalue weighted by atomic mass is 32.2. The second-order valence-corrected chi connectivity index (χ2v) is 7.41. The lowest BCUT2D eigenvalue weighted by molar-refractivity contribution is 0.0792. The molecule has 1 saturated heterocycles. The van der Waals surface area contributed by atoms with E-state index in [4.69, 9.17) is 0 Å². The van der Waals surface area contributed by atoms with Gasteiger partial charge in [-0.05, 0) is 60.4 Å². The molecule has 1 fully saturated rings. The van der Waals surface area contributed by atoms with E-state index in [2.05, 4.69) is 9.71 Å². The average molecular weight is 391 g/mol. The van der Waals surface area contributed by atoms with Crippen molar-refractivity contribution in [3.63, 3.8) is 0 Å². The van der Waals surface area contributed by atoms with Gasteiger partial charge in [-0.2, -0.15) is 0 Å². The van der Waals surface area contributed by atoms with Crippen molar-refractivity contribution >= 4 is 34.7 Å². The smallest absolute Gasteiger partial charge is 0.261 e. The number of nitrogens with zero attached hydrogens (tertiary/aromatic N) is 2. The highest BCUT2D eigenvalue weighted by Gasteiger charge is 2.20. The van der Waals surface area contributed by atoms with E-state index in [1.807, 2.05) is 59.7 Å². The molecule has 5 nitrogen and oxygen atoms in total. The molecule has 2 amide bonds. The molecule has 0 atom stereocenters. The third-order valence-corrected chi connectivity index (χ3v) is 5.42. The van der Waals surface area contributed by atoms with Gasteiger partial charge in [-0.15, -0.1) is 0 Å². The maximum absolute atomic E-state index is 12.8. The monoisotopic (exact) mass is 391 g/mol. The first-order valence-corrected chi connectivity index (χ1v) is 10.5. The Labute approximate surface area is 168 Å². The van der Waals surface area contributed by atoms with E-state index in [1.165, 1.54) is 11.9 Å². The molecule has 3 aromatic rings. The number of pyridine rings is 1. The molecule has 28 heavy (non-hydrogen) atoms. The lowest BCUT2D eigenvalue weighted by Gasteiger charge is -2.16. The Balaban J connectivity index is 1.71. The molecule has 0 aliphatic carbocycles. The molecule has 0 spiro atoms. The molecule has 0 radical (unpaired) electrons. The molecule has 2 heterocycles. The molecule has 1 aliphatic heterocycles. The van der Waals surface area contributed by atoms with Gasteiger partial charge in [-0.3, -0.25) is 19.3 Å². The lowest BCUT2D eigenvalue weighted by Crippen LogP contribution is -2.27. The Hall–Kier alpha value is -2.86. The van der Waals surface area contributed by atoms with Gasteiger partial charge in [0.2, 0.25) is 0 Å². The van der Waals surface area contributed by atoms with Crippen molar-refractivity contribution in [1.82, 2.24) is 14.6 Å². The SMILES string of the molecule is CSNC(=O)c1ccc(-c2ccnc3ccc(C(=O)N4CCCC4)cc23)cc1. The van der Waals surface area contributed by atoms with Crippen LogP contribution in [0.2, 0.25) is 0 Å². The van der Waals surface area contributed by atoms with Crippen molar-refractivity contribution in [2.75, 3.05) is 19.3 Å². The fourth-order valence-electron chi connectivity index (χ4n) is 3.59. The number of carbonyl (C=O) groups excluding carboxylic acids is 2. The number of hydrogen-bond donors (Lipinski definition) is 1. The van der Waals surface area contributed by atoms with Crippen molar-refractivity contribution in [1.29, 1.82) is 0 Å². The zero-order valence-corrected chi connectivity index (χ0v) is 16.5. The van der Waals surface area contributed by atoms with Crippen LogP contribution >= 0.6 is 11.9 Å². The molecule has 0 saturated carbocycles. The van der Waals surface area contributed by atoms with Crippen LogP contribution in [0.1, 0.15) is 33.6 Å². The molecule has 142 valence electrons. The number of rotatable bonds is 4. The van der Waals surface area contributed by atoms with Gasteiger partial charge < -0.3 is 4.90 Å². The van der Waals surface area contributed by atoms with Gasteiger partial charge in [0, 0.05) is 42.1 Å². The van der Waals surface area contributed by atoms with Gasteiger partial charge in [0.25, 0.3) is 11.8 Å². The normalized spacial score (nSPS) is 13.7. The van der Waals surface area contributed by atoms with Crippen LogP contribution in [0.3, 0.4) is 0 Å². The minimum atomic E-state index is -0.114. The summed E-state index contributed by atoms with van der Waals surface area (Å²) in [5.41, 5.74) is 4.14. The van der Waals surface area contributed by atoms with Gasteiger partial charge in [0.05, 0.1) is 5.52 Å². The van der Waals surface area contributed by atoms with Gasteiger partial charge in [0.1, 0.15) is 0 Å². The van der Waals surface area contributed by atoms with Crippen LogP contribution in [-0.4, -0.2) is 41.0 Å². The highest BCUT2D eigenvalue weighted by Crippen LogP contribution is 2.29. The predicted molar refractivity (Wildman–Crippen MR) is 113 cm³/mol. The summed E-state index contributed by atoms with van der Waals surface area (Å²) in [6, 6.07) is 15.1. The van der Waals surface area contributed by atoms with Crippen LogP contribution in [0.15, 0.2) is 54.7 Å².